The Balaban J connectivity index is 0.000000479. The number of ether oxygens (including phenoxy) is 2. The molecule has 0 N–H and O–H groups in total. The van der Waals surface area contributed by atoms with E-state index >= 15 is 0 Å². The van der Waals surface area contributed by atoms with E-state index in [2.05, 4.69) is 27.4 Å². The zero-order valence-corrected chi connectivity index (χ0v) is 19.7. The summed E-state index contributed by atoms with van der Waals surface area (Å²) in [5.41, 5.74) is 0.891. The molecule has 0 spiro atoms. The molecule has 0 aliphatic heterocycles. The molecule has 1 aliphatic rings. The van der Waals surface area contributed by atoms with Crippen molar-refractivity contribution in [1.29, 1.82) is 0 Å². The zero-order chi connectivity index (χ0) is 22.8. The quantitative estimate of drug-likeness (QED) is 0.377. The van der Waals surface area contributed by atoms with E-state index in [-0.39, 0.29) is 30.4 Å². The average molecular weight is 417 g/mol. The normalized spacial score (nSPS) is 18.7. The molecule has 0 bridgehead atoms. The first-order valence-electron chi connectivity index (χ1n) is 11.0. The summed E-state index contributed by atoms with van der Waals surface area (Å²) in [5.74, 6) is -1.33. The third kappa shape index (κ3) is 9.60. The highest BCUT2D eigenvalue weighted by Crippen LogP contribution is 2.34. The Labute approximate surface area is 183 Å². The van der Waals surface area contributed by atoms with Gasteiger partial charge in [-0.2, -0.15) is 0 Å². The Morgan fingerprint density at radius 3 is 2.07 bits per heavy atom. The van der Waals surface area contributed by atoms with Gasteiger partial charge < -0.3 is 9.47 Å². The van der Waals surface area contributed by atoms with Crippen LogP contribution in [0.25, 0.3) is 0 Å². The lowest BCUT2D eigenvalue weighted by atomic mass is 9.87. The minimum atomic E-state index is -0.530. The van der Waals surface area contributed by atoms with Crippen LogP contribution in [0.5, 0.6) is 0 Å². The van der Waals surface area contributed by atoms with Crippen molar-refractivity contribution in [3.8, 4) is 0 Å². The fraction of sp³-hybridized carbons (Fsp3) is 0.615. The first kappa shape index (κ1) is 25.9. The highest BCUT2D eigenvalue weighted by atomic mass is 16.6. The molecule has 0 aromatic heterocycles. The summed E-state index contributed by atoms with van der Waals surface area (Å²) in [4.78, 5) is 24.5. The Morgan fingerprint density at radius 1 is 1.03 bits per heavy atom. The molecule has 0 amide bonds. The van der Waals surface area contributed by atoms with Crippen LogP contribution >= 0.6 is 0 Å². The van der Waals surface area contributed by atoms with Crippen LogP contribution in [0, 0.1) is 17.3 Å². The summed E-state index contributed by atoms with van der Waals surface area (Å²) in [7, 11) is 0. The van der Waals surface area contributed by atoms with Gasteiger partial charge in [-0.1, -0.05) is 70.0 Å². The van der Waals surface area contributed by atoms with E-state index in [1.807, 2.05) is 57.2 Å². The summed E-state index contributed by atoms with van der Waals surface area (Å²) < 4.78 is 10.8. The molecule has 0 saturated heterocycles. The van der Waals surface area contributed by atoms with Gasteiger partial charge in [-0.15, -0.1) is 6.58 Å². The molecule has 0 radical (unpaired) electrons. The van der Waals surface area contributed by atoms with Crippen molar-refractivity contribution in [3.63, 3.8) is 0 Å². The van der Waals surface area contributed by atoms with Crippen molar-refractivity contribution >= 4 is 11.9 Å². The van der Waals surface area contributed by atoms with Gasteiger partial charge in [-0.3, -0.25) is 9.59 Å². The van der Waals surface area contributed by atoms with Crippen molar-refractivity contribution in [2.45, 2.75) is 85.9 Å². The van der Waals surface area contributed by atoms with Crippen molar-refractivity contribution in [2.75, 3.05) is 0 Å². The van der Waals surface area contributed by atoms with Gasteiger partial charge in [0.2, 0.25) is 0 Å². The van der Waals surface area contributed by atoms with Crippen LogP contribution in [-0.2, 0) is 25.7 Å². The van der Waals surface area contributed by atoms with Gasteiger partial charge in [0.25, 0.3) is 0 Å². The maximum Gasteiger partial charge on any atom is 0.310 e. The molecule has 1 unspecified atom stereocenters. The number of benzene rings is 1. The average Bonchev–Trinajstić information content (AvgIpc) is 3.16. The van der Waals surface area contributed by atoms with E-state index in [9.17, 15) is 9.59 Å². The lowest BCUT2D eigenvalue weighted by Gasteiger charge is -2.24. The van der Waals surface area contributed by atoms with Crippen molar-refractivity contribution < 1.29 is 19.1 Å². The topological polar surface area (TPSA) is 52.6 Å². The zero-order valence-electron chi connectivity index (χ0n) is 19.7. The maximum absolute atomic E-state index is 12.3. The number of hydrogen-bond donors (Lipinski definition) is 0. The van der Waals surface area contributed by atoms with Crippen LogP contribution in [0.15, 0.2) is 43.0 Å². The second kappa shape index (κ2) is 11.9. The Morgan fingerprint density at radius 2 is 1.60 bits per heavy atom. The second-order valence-electron chi connectivity index (χ2n) is 9.78. The van der Waals surface area contributed by atoms with E-state index < -0.39 is 5.60 Å². The van der Waals surface area contributed by atoms with Gasteiger partial charge in [0, 0.05) is 0 Å². The first-order chi connectivity index (χ1) is 14.0. The molecule has 4 heteroatoms. The molecule has 1 saturated carbocycles. The number of carbonyl (C=O) groups is 2. The molecule has 1 aromatic carbocycles. The van der Waals surface area contributed by atoms with Gasteiger partial charge in [0.05, 0.1) is 11.8 Å². The van der Waals surface area contributed by atoms with Crippen LogP contribution in [0.1, 0.15) is 79.2 Å². The monoisotopic (exact) mass is 416 g/mol. The third-order valence-electron chi connectivity index (χ3n) is 5.41. The molecule has 0 heterocycles. The van der Waals surface area contributed by atoms with Crippen molar-refractivity contribution in [2.24, 2.45) is 17.3 Å². The molecule has 1 fully saturated rings. The second-order valence-corrected chi connectivity index (χ2v) is 9.78. The molecule has 168 valence electrons. The SMILES string of the molecule is C=CCC(C)(C)CC.CC(C)(C)OC(=O)C1CCC[C@H]1C(=O)OCc1ccccc1. The molecular formula is C26H40O4. The lowest BCUT2D eigenvalue weighted by Crippen LogP contribution is -2.33. The summed E-state index contributed by atoms with van der Waals surface area (Å²) >= 11 is 0. The fourth-order valence-corrected chi connectivity index (χ4v) is 3.27. The molecule has 2 rings (SSSR count). The van der Waals surface area contributed by atoms with Gasteiger partial charge in [-0.05, 0) is 51.0 Å². The highest BCUT2D eigenvalue weighted by molar-refractivity contribution is 5.82. The predicted octanol–water partition coefficient (Wildman–Crippen LogP) is 6.49. The molecule has 30 heavy (non-hydrogen) atoms. The van der Waals surface area contributed by atoms with Crippen molar-refractivity contribution in [3.05, 3.63) is 48.6 Å². The van der Waals surface area contributed by atoms with E-state index in [1.54, 1.807) is 0 Å². The number of esters is 2. The van der Waals surface area contributed by atoms with E-state index in [1.165, 1.54) is 6.42 Å². The number of rotatable bonds is 7. The van der Waals surface area contributed by atoms with Gasteiger partial charge in [0.15, 0.2) is 0 Å². The van der Waals surface area contributed by atoms with Gasteiger partial charge >= 0.3 is 11.9 Å². The maximum atomic E-state index is 12.3. The standard InChI is InChI=1S/C18H24O4.C8H16/c1-18(2,3)22-17(20)15-11-7-10-14(15)16(19)21-12-13-8-5-4-6-9-13;1-5-7-8(3,4)6-2/h4-6,8-9,14-15H,7,10-12H2,1-3H3;5H,1,6-7H2,2-4H3/t14-,15?;/m1./s1. The molecule has 1 aliphatic carbocycles. The Kier molecular flexibility index (Phi) is 10.3. The summed E-state index contributed by atoms with van der Waals surface area (Å²) in [5, 5.41) is 0. The molecule has 2 atom stereocenters. The minimum Gasteiger partial charge on any atom is -0.461 e. The van der Waals surface area contributed by atoms with Crippen LogP contribution in [0.2, 0.25) is 0 Å². The van der Waals surface area contributed by atoms with Crippen molar-refractivity contribution in [1.82, 2.24) is 0 Å². The minimum absolute atomic E-state index is 0.247. The van der Waals surface area contributed by atoms with Crippen LogP contribution in [0.3, 0.4) is 0 Å². The van der Waals surface area contributed by atoms with Gasteiger partial charge in [0.1, 0.15) is 12.2 Å². The number of hydrogen-bond acceptors (Lipinski definition) is 4. The summed E-state index contributed by atoms with van der Waals surface area (Å²) in [6.07, 6.45) is 6.60. The smallest absolute Gasteiger partial charge is 0.310 e. The predicted molar refractivity (Wildman–Crippen MR) is 122 cm³/mol. The van der Waals surface area contributed by atoms with Crippen LogP contribution in [-0.4, -0.2) is 17.5 Å². The molecule has 1 aromatic rings. The van der Waals surface area contributed by atoms with Crippen LogP contribution < -0.4 is 0 Å². The number of allylic oxidation sites excluding steroid dienone is 1. The van der Waals surface area contributed by atoms with E-state index in [4.69, 9.17) is 9.47 Å². The fourth-order valence-electron chi connectivity index (χ4n) is 3.27. The molecule has 4 nitrogen and oxygen atoms in total. The summed E-state index contributed by atoms with van der Waals surface area (Å²) in [6.45, 7) is 16.2. The third-order valence-corrected chi connectivity index (χ3v) is 5.41. The Bertz CT molecular complexity index is 670. The van der Waals surface area contributed by atoms with Crippen LogP contribution in [0.4, 0.5) is 0 Å². The van der Waals surface area contributed by atoms with Gasteiger partial charge in [-0.25, -0.2) is 0 Å². The number of carbonyl (C=O) groups excluding carboxylic acids is 2. The lowest BCUT2D eigenvalue weighted by molar-refractivity contribution is -0.167. The summed E-state index contributed by atoms with van der Waals surface area (Å²) in [6, 6.07) is 9.55. The van der Waals surface area contributed by atoms with E-state index in [0.717, 1.165) is 18.4 Å². The highest BCUT2D eigenvalue weighted by Gasteiger charge is 2.41. The first-order valence-corrected chi connectivity index (χ1v) is 11.0. The largest absolute Gasteiger partial charge is 0.461 e. The van der Waals surface area contributed by atoms with E-state index in [0.29, 0.717) is 18.3 Å². The Hall–Kier alpha value is -2.10. The molecular weight excluding hydrogens is 376 g/mol.